The fraction of sp³-hybridized carbons (Fsp3) is 0.120. The van der Waals surface area contributed by atoms with E-state index in [2.05, 4.69) is 178 Å². The Hall–Kier alpha value is -6.03. The predicted octanol–water partition coefficient (Wildman–Crippen LogP) is 12.6. The van der Waals surface area contributed by atoms with Crippen LogP contribution in [0.15, 0.2) is 134 Å². The van der Waals surface area contributed by atoms with Gasteiger partial charge in [-0.2, -0.15) is 6.07 Å². The number of para-hydroxylation sites is 2. The fourth-order valence-corrected chi connectivity index (χ4v) is 8.20. The monoisotopic (exact) mass is 907 g/mol. The number of hydrogen-bond acceptors (Lipinski definition) is 3. The topological polar surface area (TPSA) is 44.9 Å². The van der Waals surface area contributed by atoms with Crippen LogP contribution in [0.1, 0.15) is 33.4 Å². The van der Waals surface area contributed by atoms with Crippen LogP contribution in [0, 0.1) is 53.7 Å². The van der Waals surface area contributed by atoms with Crippen LogP contribution >= 0.6 is 0 Å². The van der Waals surface area contributed by atoms with Gasteiger partial charge in [0.15, 0.2) is 0 Å². The first-order valence-electron chi connectivity index (χ1n) is 18.6. The molecule has 56 heavy (non-hydrogen) atoms. The maximum atomic E-state index is 6.75. The molecule has 5 nitrogen and oxygen atoms in total. The van der Waals surface area contributed by atoms with Gasteiger partial charge in [-0.05, 0) is 121 Å². The summed E-state index contributed by atoms with van der Waals surface area (Å²) in [6.07, 6.45) is 5.86. The summed E-state index contributed by atoms with van der Waals surface area (Å²) in [5.41, 5.74) is 16.6. The average molecular weight is 908 g/mol. The Morgan fingerprint density at radius 3 is 1.89 bits per heavy atom. The number of imidazole rings is 1. The van der Waals surface area contributed by atoms with E-state index in [4.69, 9.17) is 14.7 Å². The van der Waals surface area contributed by atoms with Crippen LogP contribution in [0.25, 0.3) is 66.8 Å². The number of aryl methyl sites for hydroxylation is 6. The summed E-state index contributed by atoms with van der Waals surface area (Å²) in [6.45, 7) is 12.9. The second kappa shape index (κ2) is 14.9. The largest absolute Gasteiger partial charge is 2.00 e. The molecule has 0 aliphatic rings. The quantitative estimate of drug-likeness (QED) is 0.150. The SMILES string of the molecule is Cc1cccc(C)c1-c1cc(Oc2[c-]c3c(cc2)c2ccccc2n3-c2cc(-c3c(C)cccc3C)ccn2)[c-]c(-c2cn(-c3c(C)cccc3C)cn2)c1.[Pt+2]. The van der Waals surface area contributed by atoms with Gasteiger partial charge in [0.05, 0.1) is 12.0 Å². The first-order valence-corrected chi connectivity index (χ1v) is 18.6. The van der Waals surface area contributed by atoms with E-state index in [-0.39, 0.29) is 21.1 Å². The van der Waals surface area contributed by atoms with Gasteiger partial charge in [0.1, 0.15) is 5.82 Å². The van der Waals surface area contributed by atoms with Crippen LogP contribution in [0.4, 0.5) is 0 Å². The molecule has 0 atom stereocenters. The zero-order valence-electron chi connectivity index (χ0n) is 32.2. The Balaban J connectivity index is 0.00000441. The molecule has 6 aromatic carbocycles. The number of ether oxygens (including phenoxy) is 1. The van der Waals surface area contributed by atoms with Crippen LogP contribution in [0.5, 0.6) is 11.5 Å². The Morgan fingerprint density at radius 2 is 1.20 bits per heavy atom. The van der Waals surface area contributed by atoms with Crippen molar-refractivity contribution in [3.63, 3.8) is 0 Å². The van der Waals surface area contributed by atoms with E-state index < -0.39 is 0 Å². The fourth-order valence-electron chi connectivity index (χ4n) is 8.20. The van der Waals surface area contributed by atoms with E-state index in [1.54, 1.807) is 0 Å². The van der Waals surface area contributed by atoms with Gasteiger partial charge in [-0.15, -0.1) is 29.1 Å². The molecule has 0 N–H and O–H groups in total. The van der Waals surface area contributed by atoms with E-state index in [1.165, 1.54) is 44.5 Å². The molecule has 0 amide bonds. The third kappa shape index (κ3) is 6.56. The Morgan fingerprint density at radius 1 is 0.554 bits per heavy atom. The van der Waals surface area contributed by atoms with Crippen LogP contribution in [-0.4, -0.2) is 19.1 Å². The van der Waals surface area contributed by atoms with Gasteiger partial charge < -0.3 is 13.9 Å². The number of rotatable bonds is 7. The number of hydrogen-bond donors (Lipinski definition) is 0. The molecule has 0 spiro atoms. The van der Waals surface area contributed by atoms with Crippen LogP contribution < -0.4 is 4.74 Å². The average Bonchev–Trinajstić information content (AvgIpc) is 3.78. The summed E-state index contributed by atoms with van der Waals surface area (Å²) in [5, 5.41) is 2.21. The molecule has 6 heteroatoms. The Labute approximate surface area is 342 Å². The molecule has 3 heterocycles. The molecule has 0 saturated heterocycles. The number of pyridine rings is 1. The van der Waals surface area contributed by atoms with Gasteiger partial charge in [-0.3, -0.25) is 4.98 Å². The summed E-state index contributed by atoms with van der Waals surface area (Å²) in [5.74, 6) is 2.00. The van der Waals surface area contributed by atoms with Gasteiger partial charge in [-0.25, -0.2) is 4.98 Å². The van der Waals surface area contributed by atoms with Gasteiger partial charge in [-0.1, -0.05) is 96.0 Å². The molecular weight excluding hydrogens is 868 g/mol. The maximum Gasteiger partial charge on any atom is 2.00 e. The van der Waals surface area contributed by atoms with Crippen molar-refractivity contribution < 1.29 is 25.8 Å². The smallest absolute Gasteiger partial charge is 0.503 e. The molecule has 0 unspecified atom stereocenters. The molecule has 0 aliphatic heterocycles. The molecule has 0 fully saturated rings. The number of aromatic nitrogens is 4. The first-order chi connectivity index (χ1) is 26.7. The summed E-state index contributed by atoms with van der Waals surface area (Å²) in [7, 11) is 0. The Kier molecular flexibility index (Phi) is 9.82. The minimum absolute atomic E-state index is 0. The normalized spacial score (nSPS) is 11.2. The van der Waals surface area contributed by atoms with Crippen molar-refractivity contribution in [2.24, 2.45) is 0 Å². The molecule has 276 valence electrons. The van der Waals surface area contributed by atoms with E-state index in [1.807, 2.05) is 18.6 Å². The molecule has 3 aromatic heterocycles. The standard InChI is InChI=1S/C50H40N4O.Pt/c1-31-12-9-13-32(2)48(31)37-22-23-51-47(27-37)54-45-19-8-7-18-42(45)43-21-20-40(28-46(43)54)55-41-25-38(24-39(26-41)49-33(3)14-10-15-34(49)4)44-29-53(30-52-44)50-35(5)16-11-17-36(50)6;/h7-24,26-27,29-30H,1-6H3;/q-2;+2. The minimum atomic E-state index is 0. The van der Waals surface area contributed by atoms with Crippen LogP contribution in [-0.2, 0) is 21.1 Å². The zero-order chi connectivity index (χ0) is 37.8. The van der Waals surface area contributed by atoms with E-state index in [0.29, 0.717) is 11.5 Å². The third-order valence-corrected chi connectivity index (χ3v) is 10.7. The molecular formula is C50H40N4OPt. The van der Waals surface area contributed by atoms with Gasteiger partial charge in [0.25, 0.3) is 0 Å². The molecule has 9 aromatic rings. The molecule has 0 bridgehead atoms. The van der Waals surface area contributed by atoms with E-state index >= 15 is 0 Å². The minimum Gasteiger partial charge on any atom is -0.503 e. The third-order valence-electron chi connectivity index (χ3n) is 10.7. The number of fused-ring (bicyclic) bond motifs is 3. The summed E-state index contributed by atoms with van der Waals surface area (Å²) < 4.78 is 11.0. The van der Waals surface area contributed by atoms with Crippen LogP contribution in [0.2, 0.25) is 0 Å². The molecule has 0 saturated carbocycles. The van der Waals surface area contributed by atoms with Crippen molar-refractivity contribution in [1.29, 1.82) is 0 Å². The number of benzene rings is 6. The summed E-state index contributed by atoms with van der Waals surface area (Å²) >= 11 is 0. The van der Waals surface area contributed by atoms with Crippen LogP contribution in [0.3, 0.4) is 0 Å². The van der Waals surface area contributed by atoms with Crippen molar-refractivity contribution in [3.05, 3.63) is 179 Å². The second-order valence-electron chi connectivity index (χ2n) is 14.5. The second-order valence-corrected chi connectivity index (χ2v) is 14.5. The molecule has 0 radical (unpaired) electrons. The number of nitrogens with zero attached hydrogens (tertiary/aromatic N) is 4. The maximum absolute atomic E-state index is 6.75. The zero-order valence-corrected chi connectivity index (χ0v) is 34.5. The summed E-state index contributed by atoms with van der Waals surface area (Å²) in [6, 6.07) is 47.5. The van der Waals surface area contributed by atoms with Gasteiger partial charge in [0.2, 0.25) is 0 Å². The van der Waals surface area contributed by atoms with E-state index in [9.17, 15) is 0 Å². The molecule has 9 rings (SSSR count). The Bertz CT molecular complexity index is 2870. The van der Waals surface area contributed by atoms with Crippen molar-refractivity contribution in [3.8, 4) is 56.5 Å². The van der Waals surface area contributed by atoms with Crippen molar-refractivity contribution in [1.82, 2.24) is 19.1 Å². The first kappa shape index (κ1) is 36.9. The van der Waals surface area contributed by atoms with Crippen molar-refractivity contribution in [2.45, 2.75) is 41.5 Å². The van der Waals surface area contributed by atoms with Crippen molar-refractivity contribution in [2.75, 3.05) is 0 Å². The predicted molar refractivity (Wildman–Crippen MR) is 225 cm³/mol. The van der Waals surface area contributed by atoms with Crippen molar-refractivity contribution >= 4 is 21.8 Å². The molecule has 0 aliphatic carbocycles. The summed E-state index contributed by atoms with van der Waals surface area (Å²) in [4.78, 5) is 9.79. The van der Waals surface area contributed by atoms with Gasteiger partial charge >= 0.3 is 21.1 Å². The van der Waals surface area contributed by atoms with Gasteiger partial charge in [0, 0.05) is 28.9 Å². The van der Waals surface area contributed by atoms with E-state index in [0.717, 1.165) is 55.7 Å².